The fourth-order valence-electron chi connectivity index (χ4n) is 2.97. The number of aryl methyl sites for hydroxylation is 1. The van der Waals surface area contributed by atoms with Gasteiger partial charge in [0.1, 0.15) is 5.69 Å². The Morgan fingerprint density at radius 3 is 2.70 bits per heavy atom. The van der Waals surface area contributed by atoms with E-state index in [9.17, 15) is 4.79 Å². The minimum Gasteiger partial charge on any atom is -0.329 e. The molecule has 1 atom stereocenters. The molecule has 2 aromatic heterocycles. The summed E-state index contributed by atoms with van der Waals surface area (Å²) in [5, 5.41) is 6.57. The van der Waals surface area contributed by atoms with E-state index in [4.69, 9.17) is 0 Å². The number of hydrogen-bond donors (Lipinski definition) is 0. The Kier molecular flexibility index (Phi) is 3.50. The second-order valence-corrected chi connectivity index (χ2v) is 6.70. The van der Waals surface area contributed by atoms with E-state index in [-0.39, 0.29) is 11.9 Å². The van der Waals surface area contributed by atoms with Crippen molar-refractivity contribution in [3.63, 3.8) is 0 Å². The van der Waals surface area contributed by atoms with E-state index in [1.165, 1.54) is 4.88 Å². The van der Waals surface area contributed by atoms with Crippen LogP contribution in [-0.4, -0.2) is 27.1 Å². The van der Waals surface area contributed by atoms with Crippen molar-refractivity contribution in [3.8, 4) is 11.3 Å². The monoisotopic (exact) mass is 323 g/mol. The van der Waals surface area contributed by atoms with Gasteiger partial charge in [0.15, 0.2) is 0 Å². The van der Waals surface area contributed by atoms with E-state index < -0.39 is 0 Å². The van der Waals surface area contributed by atoms with Gasteiger partial charge in [-0.2, -0.15) is 5.10 Å². The molecule has 1 unspecified atom stereocenters. The van der Waals surface area contributed by atoms with Crippen LogP contribution in [0.25, 0.3) is 11.3 Å². The van der Waals surface area contributed by atoms with Gasteiger partial charge in [0, 0.05) is 24.0 Å². The largest absolute Gasteiger partial charge is 0.329 e. The number of hydrogen-bond acceptors (Lipinski definition) is 3. The molecule has 4 nitrogen and oxygen atoms in total. The van der Waals surface area contributed by atoms with E-state index in [1.54, 1.807) is 16.0 Å². The molecule has 0 bridgehead atoms. The number of amides is 1. The highest BCUT2D eigenvalue weighted by Gasteiger charge is 2.35. The molecule has 0 N–H and O–H groups in total. The Hall–Kier alpha value is -2.40. The molecule has 0 radical (unpaired) electrons. The van der Waals surface area contributed by atoms with Gasteiger partial charge in [-0.3, -0.25) is 9.48 Å². The maximum Gasteiger partial charge on any atom is 0.272 e. The van der Waals surface area contributed by atoms with Gasteiger partial charge in [-0.05, 0) is 23.9 Å². The number of carbonyl (C=O) groups excluding carboxylic acids is 1. The first-order valence-corrected chi connectivity index (χ1v) is 8.56. The number of thiophene rings is 1. The molecule has 3 aromatic rings. The molecule has 1 aliphatic rings. The molecule has 23 heavy (non-hydrogen) atoms. The second-order valence-electron chi connectivity index (χ2n) is 5.72. The number of carbonyl (C=O) groups is 1. The van der Waals surface area contributed by atoms with Crippen molar-refractivity contribution >= 4 is 17.2 Å². The molecule has 1 fully saturated rings. The van der Waals surface area contributed by atoms with Crippen LogP contribution in [0, 0.1) is 0 Å². The molecule has 5 heteroatoms. The normalized spacial score (nSPS) is 17.1. The predicted octanol–water partition coefficient (Wildman–Crippen LogP) is 3.74. The molecule has 0 spiro atoms. The van der Waals surface area contributed by atoms with Crippen molar-refractivity contribution in [2.24, 2.45) is 7.05 Å². The zero-order chi connectivity index (χ0) is 15.8. The molecule has 116 valence electrons. The topological polar surface area (TPSA) is 38.1 Å². The SMILES string of the molecule is Cn1nc(-c2ccccc2)cc1C(=O)N1CCC1c1cccs1. The van der Waals surface area contributed by atoms with E-state index in [0.717, 1.165) is 24.2 Å². The summed E-state index contributed by atoms with van der Waals surface area (Å²) in [7, 11) is 1.83. The first-order valence-electron chi connectivity index (χ1n) is 7.68. The molecule has 0 saturated carbocycles. The smallest absolute Gasteiger partial charge is 0.272 e. The highest BCUT2D eigenvalue weighted by Crippen LogP contribution is 2.37. The van der Waals surface area contributed by atoms with Crippen LogP contribution >= 0.6 is 11.3 Å². The average Bonchev–Trinajstić information content (AvgIpc) is 3.17. The molecular weight excluding hydrogens is 306 g/mol. The van der Waals surface area contributed by atoms with E-state index in [2.05, 4.69) is 16.5 Å². The van der Waals surface area contributed by atoms with Gasteiger partial charge in [0.05, 0.1) is 11.7 Å². The average molecular weight is 323 g/mol. The molecule has 4 rings (SSSR count). The van der Waals surface area contributed by atoms with Crippen LogP contribution in [0.5, 0.6) is 0 Å². The molecule has 1 aromatic carbocycles. The van der Waals surface area contributed by atoms with E-state index in [0.29, 0.717) is 5.69 Å². The Bertz CT molecular complexity index is 823. The number of rotatable bonds is 3. The summed E-state index contributed by atoms with van der Waals surface area (Å²) in [4.78, 5) is 16.1. The molecule has 3 heterocycles. The Balaban J connectivity index is 1.61. The number of nitrogens with zero attached hydrogens (tertiary/aromatic N) is 3. The zero-order valence-electron chi connectivity index (χ0n) is 12.8. The van der Waals surface area contributed by atoms with Gasteiger partial charge in [-0.15, -0.1) is 11.3 Å². The quantitative estimate of drug-likeness (QED) is 0.736. The third-order valence-corrected chi connectivity index (χ3v) is 5.29. The molecule has 1 amide bonds. The van der Waals surface area contributed by atoms with E-state index in [1.807, 2.05) is 54.4 Å². The fraction of sp³-hybridized carbons (Fsp3) is 0.222. The van der Waals surface area contributed by atoms with E-state index >= 15 is 0 Å². The number of likely N-dealkylation sites (tertiary alicyclic amines) is 1. The van der Waals surface area contributed by atoms with Gasteiger partial charge in [0.2, 0.25) is 0 Å². The summed E-state index contributed by atoms with van der Waals surface area (Å²) in [5.74, 6) is 0.0619. The van der Waals surface area contributed by atoms with Crippen molar-refractivity contribution < 1.29 is 4.79 Å². The standard InChI is InChI=1S/C18H17N3OS/c1-20-16(12-14(19-20)13-6-3-2-4-7-13)18(22)21-10-9-15(21)17-8-5-11-23-17/h2-8,11-12,15H,9-10H2,1H3. The van der Waals surface area contributed by atoms with Crippen molar-refractivity contribution in [2.45, 2.75) is 12.5 Å². The third-order valence-electron chi connectivity index (χ3n) is 4.32. The Morgan fingerprint density at radius 2 is 2.04 bits per heavy atom. The maximum atomic E-state index is 12.9. The molecule has 0 aliphatic carbocycles. The van der Waals surface area contributed by atoms with Crippen LogP contribution in [0.4, 0.5) is 0 Å². The summed E-state index contributed by atoms with van der Waals surface area (Å²) in [6, 6.07) is 16.2. The zero-order valence-corrected chi connectivity index (χ0v) is 13.7. The first-order chi connectivity index (χ1) is 11.2. The van der Waals surface area contributed by atoms with Gasteiger partial charge in [0.25, 0.3) is 5.91 Å². The lowest BCUT2D eigenvalue weighted by Crippen LogP contribution is -2.45. The van der Waals surface area contributed by atoms with Crippen molar-refractivity contribution in [2.75, 3.05) is 6.54 Å². The Morgan fingerprint density at radius 1 is 1.22 bits per heavy atom. The van der Waals surface area contributed by atoms with Crippen LogP contribution in [0.2, 0.25) is 0 Å². The molecular formula is C18H17N3OS. The van der Waals surface area contributed by atoms with Crippen LogP contribution in [-0.2, 0) is 7.05 Å². The highest BCUT2D eigenvalue weighted by atomic mass is 32.1. The third kappa shape index (κ3) is 2.47. The second kappa shape index (κ2) is 5.66. The van der Waals surface area contributed by atoms with Crippen molar-refractivity contribution in [1.82, 2.24) is 14.7 Å². The summed E-state index contributed by atoms with van der Waals surface area (Å²) in [6.45, 7) is 0.813. The summed E-state index contributed by atoms with van der Waals surface area (Å²) >= 11 is 1.71. The van der Waals surface area contributed by atoms with Crippen molar-refractivity contribution in [1.29, 1.82) is 0 Å². The Labute approximate surface area is 139 Å². The number of benzene rings is 1. The molecule has 1 saturated heterocycles. The summed E-state index contributed by atoms with van der Waals surface area (Å²) in [5.41, 5.74) is 2.51. The van der Waals surface area contributed by atoms with Crippen LogP contribution < -0.4 is 0 Å². The van der Waals surface area contributed by atoms with Gasteiger partial charge < -0.3 is 4.90 Å². The lowest BCUT2D eigenvalue weighted by molar-refractivity contribution is 0.0456. The summed E-state index contributed by atoms with van der Waals surface area (Å²) in [6.07, 6.45) is 1.04. The van der Waals surface area contributed by atoms with Gasteiger partial charge in [-0.25, -0.2) is 0 Å². The van der Waals surface area contributed by atoms with Crippen LogP contribution in [0.15, 0.2) is 53.9 Å². The predicted molar refractivity (Wildman–Crippen MR) is 91.4 cm³/mol. The number of aromatic nitrogens is 2. The summed E-state index contributed by atoms with van der Waals surface area (Å²) < 4.78 is 1.69. The maximum absolute atomic E-state index is 12.9. The minimum atomic E-state index is 0.0619. The van der Waals surface area contributed by atoms with Crippen LogP contribution in [0.1, 0.15) is 27.8 Å². The lowest BCUT2D eigenvalue weighted by Gasteiger charge is -2.40. The van der Waals surface area contributed by atoms with Crippen LogP contribution in [0.3, 0.4) is 0 Å². The van der Waals surface area contributed by atoms with Gasteiger partial charge >= 0.3 is 0 Å². The highest BCUT2D eigenvalue weighted by molar-refractivity contribution is 7.10. The fourth-order valence-corrected chi connectivity index (χ4v) is 3.85. The minimum absolute atomic E-state index is 0.0619. The first kappa shape index (κ1) is 14.2. The lowest BCUT2D eigenvalue weighted by atomic mass is 10.0. The van der Waals surface area contributed by atoms with Crippen molar-refractivity contribution in [3.05, 3.63) is 64.5 Å². The molecule has 1 aliphatic heterocycles. The van der Waals surface area contributed by atoms with Gasteiger partial charge in [-0.1, -0.05) is 36.4 Å².